The van der Waals surface area contributed by atoms with Gasteiger partial charge in [0.2, 0.25) is 0 Å². The fourth-order valence-electron chi connectivity index (χ4n) is 2.34. The van der Waals surface area contributed by atoms with Crippen molar-refractivity contribution in [1.82, 2.24) is 10.2 Å². The maximum absolute atomic E-state index is 12.7. The lowest BCUT2D eigenvalue weighted by Crippen LogP contribution is -2.43. The quantitative estimate of drug-likeness (QED) is 0.777. The summed E-state index contributed by atoms with van der Waals surface area (Å²) in [4.78, 5) is 1.79. The largest absolute Gasteiger partial charge is 0.405 e. The molecule has 0 aliphatic carbocycles. The molecule has 110 valence electrons. The van der Waals surface area contributed by atoms with Crippen LogP contribution in [0.2, 0.25) is 0 Å². The van der Waals surface area contributed by atoms with Gasteiger partial charge in [-0.15, -0.1) is 0 Å². The van der Waals surface area contributed by atoms with Crippen LogP contribution in [0.4, 0.5) is 13.2 Å². The standard InChI is InChI=1S/C13H22F3N3/c1-2-3-7-19(10-12-5-4-6-18-12)9-11(8-17)13(14,15)16/h11-12,18H,2-7,9-10H2,1H3. The van der Waals surface area contributed by atoms with E-state index in [0.29, 0.717) is 13.1 Å². The Balaban J connectivity index is 2.54. The molecule has 1 heterocycles. The molecular formula is C13H22F3N3. The van der Waals surface area contributed by atoms with E-state index >= 15 is 0 Å². The molecule has 0 aromatic rings. The van der Waals surface area contributed by atoms with Gasteiger partial charge in [-0.25, -0.2) is 0 Å². The van der Waals surface area contributed by atoms with Crippen LogP contribution in [0.1, 0.15) is 32.6 Å². The molecule has 0 bridgehead atoms. The topological polar surface area (TPSA) is 39.1 Å². The summed E-state index contributed by atoms with van der Waals surface area (Å²) in [7, 11) is 0. The first-order valence-electron chi connectivity index (χ1n) is 6.89. The second-order valence-corrected chi connectivity index (χ2v) is 5.13. The second-order valence-electron chi connectivity index (χ2n) is 5.13. The molecule has 0 amide bonds. The zero-order valence-corrected chi connectivity index (χ0v) is 11.3. The lowest BCUT2D eigenvalue weighted by Gasteiger charge is -2.28. The van der Waals surface area contributed by atoms with E-state index in [-0.39, 0.29) is 12.6 Å². The zero-order valence-electron chi connectivity index (χ0n) is 11.3. The van der Waals surface area contributed by atoms with Gasteiger partial charge in [0, 0.05) is 19.1 Å². The van der Waals surface area contributed by atoms with Crippen molar-refractivity contribution in [2.75, 3.05) is 26.2 Å². The number of unbranched alkanes of at least 4 members (excludes halogenated alkanes) is 1. The number of nitriles is 1. The summed E-state index contributed by atoms with van der Waals surface area (Å²) in [5, 5.41) is 12.0. The van der Waals surface area contributed by atoms with Crippen LogP contribution in [-0.4, -0.2) is 43.3 Å². The highest BCUT2D eigenvalue weighted by atomic mass is 19.4. The van der Waals surface area contributed by atoms with Crippen molar-refractivity contribution >= 4 is 0 Å². The lowest BCUT2D eigenvalue weighted by atomic mass is 10.1. The average molecular weight is 277 g/mol. The smallest absolute Gasteiger partial charge is 0.313 e. The Morgan fingerprint density at radius 3 is 2.68 bits per heavy atom. The van der Waals surface area contributed by atoms with Gasteiger partial charge >= 0.3 is 6.18 Å². The maximum Gasteiger partial charge on any atom is 0.405 e. The molecule has 1 aliphatic heterocycles. The maximum atomic E-state index is 12.7. The lowest BCUT2D eigenvalue weighted by molar-refractivity contribution is -0.163. The van der Waals surface area contributed by atoms with E-state index in [9.17, 15) is 13.2 Å². The van der Waals surface area contributed by atoms with Crippen molar-refractivity contribution in [2.45, 2.75) is 44.8 Å². The molecule has 0 radical (unpaired) electrons. The Bertz CT molecular complexity index is 292. The zero-order chi connectivity index (χ0) is 14.3. The Morgan fingerprint density at radius 2 is 2.21 bits per heavy atom. The molecule has 1 N–H and O–H groups in total. The van der Waals surface area contributed by atoms with Crippen molar-refractivity contribution in [3.8, 4) is 6.07 Å². The summed E-state index contributed by atoms with van der Waals surface area (Å²) >= 11 is 0. The number of rotatable bonds is 7. The van der Waals surface area contributed by atoms with Gasteiger partial charge in [0.15, 0.2) is 5.92 Å². The fourth-order valence-corrected chi connectivity index (χ4v) is 2.34. The van der Waals surface area contributed by atoms with Crippen LogP contribution >= 0.6 is 0 Å². The van der Waals surface area contributed by atoms with E-state index in [2.05, 4.69) is 5.32 Å². The van der Waals surface area contributed by atoms with Crippen LogP contribution in [0.3, 0.4) is 0 Å². The van der Waals surface area contributed by atoms with Gasteiger partial charge in [-0.2, -0.15) is 18.4 Å². The molecule has 0 spiro atoms. The summed E-state index contributed by atoms with van der Waals surface area (Å²) in [6, 6.07) is 1.65. The van der Waals surface area contributed by atoms with Crippen LogP contribution in [0.25, 0.3) is 0 Å². The Hall–Kier alpha value is -0.800. The van der Waals surface area contributed by atoms with Crippen molar-refractivity contribution in [3.63, 3.8) is 0 Å². The van der Waals surface area contributed by atoms with Gasteiger partial charge in [0.1, 0.15) is 0 Å². The molecule has 0 aromatic heterocycles. The summed E-state index contributed by atoms with van der Waals surface area (Å²) in [6.07, 6.45) is -0.540. The summed E-state index contributed by atoms with van der Waals surface area (Å²) in [5.41, 5.74) is 0. The fraction of sp³-hybridized carbons (Fsp3) is 0.923. The number of hydrogen-bond acceptors (Lipinski definition) is 3. The monoisotopic (exact) mass is 277 g/mol. The number of nitrogens with one attached hydrogen (secondary N) is 1. The van der Waals surface area contributed by atoms with E-state index in [1.807, 2.05) is 6.92 Å². The van der Waals surface area contributed by atoms with E-state index in [1.54, 1.807) is 4.90 Å². The molecule has 19 heavy (non-hydrogen) atoms. The van der Waals surface area contributed by atoms with Crippen LogP contribution < -0.4 is 5.32 Å². The molecular weight excluding hydrogens is 255 g/mol. The van der Waals surface area contributed by atoms with E-state index in [0.717, 1.165) is 32.2 Å². The SMILES string of the molecule is CCCCN(CC1CCCN1)CC(C#N)C(F)(F)F. The first kappa shape index (κ1) is 16.3. The van der Waals surface area contributed by atoms with Gasteiger partial charge in [-0.1, -0.05) is 13.3 Å². The van der Waals surface area contributed by atoms with E-state index in [1.165, 1.54) is 6.07 Å². The minimum Gasteiger partial charge on any atom is -0.313 e. The third kappa shape index (κ3) is 5.79. The van der Waals surface area contributed by atoms with Crippen molar-refractivity contribution in [3.05, 3.63) is 0 Å². The highest BCUT2D eigenvalue weighted by Crippen LogP contribution is 2.26. The number of hydrogen-bond donors (Lipinski definition) is 1. The third-order valence-corrected chi connectivity index (χ3v) is 3.46. The molecule has 1 rings (SSSR count). The van der Waals surface area contributed by atoms with E-state index < -0.39 is 12.1 Å². The molecule has 1 fully saturated rings. The van der Waals surface area contributed by atoms with Gasteiger partial charge in [0.25, 0.3) is 0 Å². The van der Waals surface area contributed by atoms with Gasteiger partial charge in [-0.05, 0) is 32.4 Å². The van der Waals surface area contributed by atoms with Gasteiger partial charge in [-0.3, -0.25) is 0 Å². The molecule has 0 saturated carbocycles. The van der Waals surface area contributed by atoms with Gasteiger partial charge < -0.3 is 10.2 Å². The predicted molar refractivity (Wildman–Crippen MR) is 67.5 cm³/mol. The van der Waals surface area contributed by atoms with Gasteiger partial charge in [0.05, 0.1) is 6.07 Å². The van der Waals surface area contributed by atoms with Crippen molar-refractivity contribution in [2.24, 2.45) is 5.92 Å². The second kappa shape index (κ2) is 7.71. The molecule has 6 heteroatoms. The van der Waals surface area contributed by atoms with E-state index in [4.69, 9.17) is 5.26 Å². The predicted octanol–water partition coefficient (Wildman–Crippen LogP) is 2.54. The average Bonchev–Trinajstić information content (AvgIpc) is 2.83. The molecule has 3 nitrogen and oxygen atoms in total. The molecule has 1 saturated heterocycles. The summed E-state index contributed by atoms with van der Waals surface area (Å²) in [5.74, 6) is -1.88. The van der Waals surface area contributed by atoms with Crippen molar-refractivity contribution < 1.29 is 13.2 Å². The van der Waals surface area contributed by atoms with Crippen LogP contribution in [-0.2, 0) is 0 Å². The number of halogens is 3. The summed E-state index contributed by atoms with van der Waals surface area (Å²) < 4.78 is 38.0. The number of nitrogens with zero attached hydrogens (tertiary/aromatic N) is 2. The van der Waals surface area contributed by atoms with Crippen LogP contribution in [0.5, 0.6) is 0 Å². The van der Waals surface area contributed by atoms with Crippen molar-refractivity contribution in [1.29, 1.82) is 5.26 Å². The first-order valence-corrected chi connectivity index (χ1v) is 6.89. The number of alkyl halides is 3. The van der Waals surface area contributed by atoms with Crippen LogP contribution in [0, 0.1) is 17.2 Å². The first-order chi connectivity index (χ1) is 8.97. The Morgan fingerprint density at radius 1 is 1.47 bits per heavy atom. The van der Waals surface area contributed by atoms with Crippen LogP contribution in [0.15, 0.2) is 0 Å². The molecule has 0 aromatic carbocycles. The minimum absolute atomic E-state index is 0.210. The molecule has 2 unspecified atom stereocenters. The Kier molecular flexibility index (Phi) is 6.59. The highest BCUT2D eigenvalue weighted by Gasteiger charge is 2.41. The molecule has 2 atom stereocenters. The Labute approximate surface area is 112 Å². The molecule has 1 aliphatic rings. The minimum atomic E-state index is -4.43. The third-order valence-electron chi connectivity index (χ3n) is 3.46. The normalized spacial score (nSPS) is 21.6. The summed E-state index contributed by atoms with van der Waals surface area (Å²) in [6.45, 7) is 3.97. The highest BCUT2D eigenvalue weighted by molar-refractivity contribution is 4.91.